The van der Waals surface area contributed by atoms with Crippen LogP contribution in [0.3, 0.4) is 0 Å². The van der Waals surface area contributed by atoms with E-state index in [1.807, 2.05) is 6.20 Å². The second-order valence-electron chi connectivity index (χ2n) is 5.24. The molecule has 0 radical (unpaired) electrons. The summed E-state index contributed by atoms with van der Waals surface area (Å²) in [5, 5.41) is 8.10. The van der Waals surface area contributed by atoms with Gasteiger partial charge in [-0.25, -0.2) is 0 Å². The Kier molecular flexibility index (Phi) is 2.96. The van der Waals surface area contributed by atoms with Gasteiger partial charge >= 0.3 is 0 Å². The minimum Gasteiger partial charge on any atom is -0.309 e. The van der Waals surface area contributed by atoms with E-state index in [0.29, 0.717) is 6.04 Å². The standard InChI is InChI=1S/C13H21N3/c1-2-8-14-12(6-1)13-7-9-15-16(13)10-11-4-3-5-11/h7,9,11-12,14H,1-6,8,10H2. The molecule has 1 atom stereocenters. The second-order valence-corrected chi connectivity index (χ2v) is 5.24. The molecule has 1 aromatic heterocycles. The number of aromatic nitrogens is 2. The van der Waals surface area contributed by atoms with Gasteiger partial charge in [-0.1, -0.05) is 12.8 Å². The average Bonchev–Trinajstić information content (AvgIpc) is 2.73. The van der Waals surface area contributed by atoms with Gasteiger partial charge in [-0.05, 0) is 44.2 Å². The third-order valence-corrected chi connectivity index (χ3v) is 4.07. The fourth-order valence-corrected chi connectivity index (χ4v) is 2.82. The molecule has 1 aromatic rings. The summed E-state index contributed by atoms with van der Waals surface area (Å²) >= 11 is 0. The zero-order valence-corrected chi connectivity index (χ0v) is 9.86. The van der Waals surface area contributed by atoms with Gasteiger partial charge in [0, 0.05) is 18.8 Å². The first-order valence-corrected chi connectivity index (χ1v) is 6.68. The van der Waals surface area contributed by atoms with Crippen LogP contribution in [0.15, 0.2) is 12.3 Å². The summed E-state index contributed by atoms with van der Waals surface area (Å²) in [6, 6.07) is 2.75. The van der Waals surface area contributed by atoms with Crippen molar-refractivity contribution in [3.63, 3.8) is 0 Å². The van der Waals surface area contributed by atoms with Crippen molar-refractivity contribution in [3.8, 4) is 0 Å². The van der Waals surface area contributed by atoms with Gasteiger partial charge < -0.3 is 5.32 Å². The molecule has 0 bridgehead atoms. The van der Waals surface area contributed by atoms with Crippen molar-refractivity contribution in [2.45, 2.75) is 51.1 Å². The Bertz CT molecular complexity index is 335. The van der Waals surface area contributed by atoms with E-state index in [1.54, 1.807) is 0 Å². The van der Waals surface area contributed by atoms with E-state index >= 15 is 0 Å². The Labute approximate surface area is 97.2 Å². The third-order valence-electron chi connectivity index (χ3n) is 4.07. The lowest BCUT2D eigenvalue weighted by Crippen LogP contribution is -2.30. The molecule has 1 saturated carbocycles. The number of nitrogens with zero attached hydrogens (tertiary/aromatic N) is 2. The fourth-order valence-electron chi connectivity index (χ4n) is 2.82. The van der Waals surface area contributed by atoms with Gasteiger partial charge in [0.2, 0.25) is 0 Å². The number of rotatable bonds is 3. The summed E-state index contributed by atoms with van der Waals surface area (Å²) in [5.74, 6) is 0.891. The van der Waals surface area contributed by atoms with Crippen LogP contribution in [0.25, 0.3) is 0 Å². The Morgan fingerprint density at radius 2 is 2.19 bits per heavy atom. The van der Waals surface area contributed by atoms with E-state index in [2.05, 4.69) is 21.2 Å². The van der Waals surface area contributed by atoms with Crippen LogP contribution in [0.2, 0.25) is 0 Å². The molecule has 16 heavy (non-hydrogen) atoms. The smallest absolute Gasteiger partial charge is 0.0553 e. The van der Waals surface area contributed by atoms with Crippen LogP contribution in [-0.2, 0) is 6.54 Å². The van der Waals surface area contributed by atoms with E-state index in [1.165, 1.54) is 50.8 Å². The van der Waals surface area contributed by atoms with Crippen LogP contribution in [0.4, 0.5) is 0 Å². The maximum Gasteiger partial charge on any atom is 0.0553 e. The molecule has 3 rings (SSSR count). The molecule has 1 saturated heterocycles. The van der Waals surface area contributed by atoms with Crippen LogP contribution in [0.5, 0.6) is 0 Å². The molecule has 3 nitrogen and oxygen atoms in total. The molecule has 1 aliphatic heterocycles. The monoisotopic (exact) mass is 219 g/mol. The van der Waals surface area contributed by atoms with Crippen molar-refractivity contribution in [2.75, 3.05) is 6.54 Å². The third kappa shape index (κ3) is 2.01. The molecule has 1 aliphatic carbocycles. The Morgan fingerprint density at radius 1 is 1.25 bits per heavy atom. The quantitative estimate of drug-likeness (QED) is 0.846. The maximum absolute atomic E-state index is 4.49. The average molecular weight is 219 g/mol. The van der Waals surface area contributed by atoms with Gasteiger partial charge in [-0.3, -0.25) is 4.68 Å². The Morgan fingerprint density at radius 3 is 2.88 bits per heavy atom. The molecular weight excluding hydrogens is 198 g/mol. The van der Waals surface area contributed by atoms with Gasteiger partial charge in [-0.2, -0.15) is 5.10 Å². The lowest BCUT2D eigenvalue weighted by atomic mass is 9.85. The van der Waals surface area contributed by atoms with Gasteiger partial charge in [0.1, 0.15) is 0 Å². The molecule has 1 unspecified atom stereocenters. The summed E-state index contributed by atoms with van der Waals surface area (Å²) in [6.45, 7) is 2.31. The summed E-state index contributed by atoms with van der Waals surface area (Å²) in [4.78, 5) is 0. The number of piperidine rings is 1. The maximum atomic E-state index is 4.49. The number of hydrogen-bond donors (Lipinski definition) is 1. The highest BCUT2D eigenvalue weighted by atomic mass is 15.3. The Balaban J connectivity index is 1.70. The van der Waals surface area contributed by atoms with E-state index in [0.717, 1.165) is 12.5 Å². The van der Waals surface area contributed by atoms with Crippen molar-refractivity contribution < 1.29 is 0 Å². The van der Waals surface area contributed by atoms with Crippen LogP contribution in [0, 0.1) is 5.92 Å². The molecule has 0 amide bonds. The molecule has 2 fully saturated rings. The first kappa shape index (κ1) is 10.3. The predicted molar refractivity (Wildman–Crippen MR) is 64.2 cm³/mol. The van der Waals surface area contributed by atoms with E-state index in [9.17, 15) is 0 Å². The minimum atomic E-state index is 0.552. The molecule has 2 aliphatic rings. The molecule has 3 heteroatoms. The topological polar surface area (TPSA) is 29.9 Å². The first-order chi connectivity index (χ1) is 7.93. The minimum absolute atomic E-state index is 0.552. The fraction of sp³-hybridized carbons (Fsp3) is 0.769. The lowest BCUT2D eigenvalue weighted by molar-refractivity contribution is 0.257. The van der Waals surface area contributed by atoms with Crippen LogP contribution >= 0.6 is 0 Å². The Hall–Kier alpha value is -0.830. The molecule has 1 N–H and O–H groups in total. The molecule has 0 spiro atoms. The molecule has 0 aromatic carbocycles. The summed E-state index contributed by atoms with van der Waals surface area (Å²) in [7, 11) is 0. The van der Waals surface area contributed by atoms with E-state index in [4.69, 9.17) is 0 Å². The summed E-state index contributed by atoms with van der Waals surface area (Å²) in [6.07, 6.45) is 10.1. The van der Waals surface area contributed by atoms with Crippen LogP contribution in [0.1, 0.15) is 50.3 Å². The van der Waals surface area contributed by atoms with E-state index < -0.39 is 0 Å². The first-order valence-electron chi connectivity index (χ1n) is 6.68. The zero-order valence-electron chi connectivity index (χ0n) is 9.86. The molecule has 2 heterocycles. The summed E-state index contributed by atoms with van der Waals surface area (Å²) in [5.41, 5.74) is 1.41. The van der Waals surface area contributed by atoms with Crippen LogP contribution < -0.4 is 5.32 Å². The van der Waals surface area contributed by atoms with E-state index in [-0.39, 0.29) is 0 Å². The highest BCUT2D eigenvalue weighted by molar-refractivity contribution is 5.08. The normalized spacial score (nSPS) is 26.6. The molecule has 88 valence electrons. The largest absolute Gasteiger partial charge is 0.309 e. The zero-order chi connectivity index (χ0) is 10.8. The lowest BCUT2D eigenvalue weighted by Gasteiger charge is -2.28. The van der Waals surface area contributed by atoms with Gasteiger partial charge in [0.25, 0.3) is 0 Å². The van der Waals surface area contributed by atoms with Crippen molar-refractivity contribution in [2.24, 2.45) is 5.92 Å². The number of nitrogens with one attached hydrogen (secondary N) is 1. The van der Waals surface area contributed by atoms with Crippen molar-refractivity contribution in [3.05, 3.63) is 18.0 Å². The van der Waals surface area contributed by atoms with Gasteiger partial charge in [0.05, 0.1) is 5.69 Å². The highest BCUT2D eigenvalue weighted by Crippen LogP contribution is 2.29. The van der Waals surface area contributed by atoms with Crippen LogP contribution in [-0.4, -0.2) is 16.3 Å². The van der Waals surface area contributed by atoms with Crippen molar-refractivity contribution in [1.29, 1.82) is 0 Å². The second kappa shape index (κ2) is 4.58. The predicted octanol–water partition coefficient (Wildman–Crippen LogP) is 2.50. The summed E-state index contributed by atoms with van der Waals surface area (Å²) < 4.78 is 2.24. The van der Waals surface area contributed by atoms with Gasteiger partial charge in [0.15, 0.2) is 0 Å². The highest BCUT2D eigenvalue weighted by Gasteiger charge is 2.22. The molecular formula is C13H21N3. The van der Waals surface area contributed by atoms with Gasteiger partial charge in [-0.15, -0.1) is 0 Å². The van der Waals surface area contributed by atoms with Crippen molar-refractivity contribution >= 4 is 0 Å². The van der Waals surface area contributed by atoms with Crippen molar-refractivity contribution in [1.82, 2.24) is 15.1 Å². The SMILES string of the molecule is c1cc(C2CCCCN2)n(CC2CCC2)n1. The number of hydrogen-bond acceptors (Lipinski definition) is 2.